The highest BCUT2D eigenvalue weighted by Crippen LogP contribution is 2.40. The minimum Gasteiger partial charge on any atom is -0.353 e. The minimum absolute atomic E-state index is 0.314. The second-order valence-corrected chi connectivity index (χ2v) is 7.58. The number of hydrogen-bond donors (Lipinski definition) is 1. The zero-order chi connectivity index (χ0) is 21.1. The summed E-state index contributed by atoms with van der Waals surface area (Å²) in [5.74, 6) is 0.750. The highest BCUT2D eigenvalue weighted by Gasteiger charge is 2.37. The molecule has 31 heavy (non-hydrogen) atoms. The van der Waals surface area contributed by atoms with Crippen LogP contribution in [0.3, 0.4) is 0 Å². The van der Waals surface area contributed by atoms with E-state index in [4.69, 9.17) is 4.74 Å². The molecule has 2 aromatic heterocycles. The standard InChI is InChI=1S/C27H23N3O/c1-20-17-18-24-26(28-20)30-25(29-24)19-31-27(21-11-5-2-6-12-21,22-13-7-3-8-14-22)23-15-9-4-10-16-23/h2-18H,19H2,1H3,(H,28,29,30). The summed E-state index contributed by atoms with van der Waals surface area (Å²) < 4.78 is 6.81. The smallest absolute Gasteiger partial charge is 0.178 e. The lowest BCUT2D eigenvalue weighted by Crippen LogP contribution is -2.33. The van der Waals surface area contributed by atoms with Crippen LogP contribution in [-0.2, 0) is 16.9 Å². The molecule has 0 unspecified atom stereocenters. The number of benzene rings is 3. The van der Waals surface area contributed by atoms with Gasteiger partial charge in [0.15, 0.2) is 5.65 Å². The monoisotopic (exact) mass is 405 g/mol. The molecule has 3 aromatic carbocycles. The number of aryl methyl sites for hydroxylation is 1. The number of fused-ring (bicyclic) bond motifs is 1. The van der Waals surface area contributed by atoms with Gasteiger partial charge in [-0.05, 0) is 35.7 Å². The Morgan fingerprint density at radius 1 is 0.677 bits per heavy atom. The van der Waals surface area contributed by atoms with Crippen LogP contribution in [0.15, 0.2) is 103 Å². The fraction of sp³-hybridized carbons (Fsp3) is 0.111. The maximum Gasteiger partial charge on any atom is 0.178 e. The number of H-pyrrole nitrogens is 1. The van der Waals surface area contributed by atoms with Crippen molar-refractivity contribution >= 4 is 11.2 Å². The molecule has 0 aliphatic rings. The van der Waals surface area contributed by atoms with Crippen molar-refractivity contribution in [1.29, 1.82) is 0 Å². The lowest BCUT2D eigenvalue weighted by molar-refractivity contribution is -0.00277. The molecule has 0 radical (unpaired) electrons. The summed E-state index contributed by atoms with van der Waals surface area (Å²) in [4.78, 5) is 12.5. The van der Waals surface area contributed by atoms with Gasteiger partial charge in [0.25, 0.3) is 0 Å². The van der Waals surface area contributed by atoms with Crippen molar-refractivity contribution in [2.45, 2.75) is 19.1 Å². The van der Waals surface area contributed by atoms with E-state index in [1.54, 1.807) is 0 Å². The fourth-order valence-electron chi connectivity index (χ4n) is 4.05. The maximum absolute atomic E-state index is 6.81. The molecule has 0 bridgehead atoms. The van der Waals surface area contributed by atoms with E-state index >= 15 is 0 Å². The number of nitrogens with zero attached hydrogens (tertiary/aromatic N) is 2. The molecule has 0 aliphatic heterocycles. The van der Waals surface area contributed by atoms with Crippen LogP contribution in [0.1, 0.15) is 28.2 Å². The Morgan fingerprint density at radius 3 is 1.71 bits per heavy atom. The van der Waals surface area contributed by atoms with Gasteiger partial charge < -0.3 is 9.72 Å². The van der Waals surface area contributed by atoms with E-state index in [0.29, 0.717) is 12.3 Å². The normalized spacial score (nSPS) is 11.6. The van der Waals surface area contributed by atoms with Crippen molar-refractivity contribution in [2.24, 2.45) is 0 Å². The van der Waals surface area contributed by atoms with Crippen molar-refractivity contribution in [1.82, 2.24) is 15.0 Å². The van der Waals surface area contributed by atoms with E-state index < -0.39 is 5.60 Å². The maximum atomic E-state index is 6.81. The molecule has 5 aromatic rings. The third kappa shape index (κ3) is 3.62. The van der Waals surface area contributed by atoms with E-state index in [9.17, 15) is 0 Å². The van der Waals surface area contributed by atoms with Gasteiger partial charge >= 0.3 is 0 Å². The van der Waals surface area contributed by atoms with Crippen LogP contribution in [-0.4, -0.2) is 15.0 Å². The van der Waals surface area contributed by atoms with E-state index in [1.165, 1.54) is 0 Å². The average molecular weight is 406 g/mol. The van der Waals surface area contributed by atoms with Gasteiger partial charge in [-0.25, -0.2) is 9.97 Å². The number of imidazole rings is 1. The van der Waals surface area contributed by atoms with Gasteiger partial charge in [0.05, 0.1) is 5.52 Å². The zero-order valence-corrected chi connectivity index (χ0v) is 17.3. The predicted molar refractivity (Wildman–Crippen MR) is 123 cm³/mol. The number of rotatable bonds is 6. The number of aromatic nitrogens is 3. The van der Waals surface area contributed by atoms with Crippen molar-refractivity contribution in [3.05, 3.63) is 131 Å². The first-order valence-corrected chi connectivity index (χ1v) is 10.4. The lowest BCUT2D eigenvalue weighted by atomic mass is 9.80. The molecule has 2 heterocycles. The number of hydrogen-bond acceptors (Lipinski definition) is 3. The molecule has 4 heteroatoms. The predicted octanol–water partition coefficient (Wildman–Crippen LogP) is 5.78. The van der Waals surface area contributed by atoms with Gasteiger partial charge in [0.2, 0.25) is 0 Å². The molecule has 0 atom stereocenters. The molecule has 0 spiro atoms. The van der Waals surface area contributed by atoms with Gasteiger partial charge in [-0.15, -0.1) is 0 Å². The molecule has 0 amide bonds. The van der Waals surface area contributed by atoms with Gasteiger partial charge in [0, 0.05) is 5.69 Å². The molecule has 0 saturated heterocycles. The summed E-state index contributed by atoms with van der Waals surface area (Å²) in [7, 11) is 0. The molecular formula is C27H23N3O. The highest BCUT2D eigenvalue weighted by molar-refractivity contribution is 5.70. The summed E-state index contributed by atoms with van der Waals surface area (Å²) in [5.41, 5.74) is 5.00. The number of ether oxygens (including phenoxy) is 1. The van der Waals surface area contributed by atoms with Crippen molar-refractivity contribution in [2.75, 3.05) is 0 Å². The first-order valence-electron chi connectivity index (χ1n) is 10.4. The number of pyridine rings is 1. The Labute approximate surface area is 181 Å². The first-order chi connectivity index (χ1) is 15.3. The van der Waals surface area contributed by atoms with Crippen LogP contribution >= 0.6 is 0 Å². The molecule has 0 saturated carbocycles. The Kier molecular flexibility index (Phi) is 5.06. The van der Waals surface area contributed by atoms with Crippen LogP contribution in [0.5, 0.6) is 0 Å². The van der Waals surface area contributed by atoms with Gasteiger partial charge in [0.1, 0.15) is 18.0 Å². The fourth-order valence-corrected chi connectivity index (χ4v) is 4.05. The summed E-state index contributed by atoms with van der Waals surface area (Å²) >= 11 is 0. The highest BCUT2D eigenvalue weighted by atomic mass is 16.5. The molecule has 1 N–H and O–H groups in total. The lowest BCUT2D eigenvalue weighted by Gasteiger charge is -2.35. The van der Waals surface area contributed by atoms with Gasteiger partial charge in [-0.2, -0.15) is 0 Å². The van der Waals surface area contributed by atoms with Crippen molar-refractivity contribution < 1.29 is 4.74 Å². The Balaban J connectivity index is 1.63. The summed E-state index contributed by atoms with van der Waals surface area (Å²) in [6.45, 7) is 2.28. The van der Waals surface area contributed by atoms with Crippen LogP contribution < -0.4 is 0 Å². The van der Waals surface area contributed by atoms with E-state index in [2.05, 4.69) is 51.4 Å². The average Bonchev–Trinajstić information content (AvgIpc) is 3.24. The zero-order valence-electron chi connectivity index (χ0n) is 17.3. The van der Waals surface area contributed by atoms with Crippen molar-refractivity contribution in [3.8, 4) is 0 Å². The molecule has 5 rings (SSSR count). The third-order valence-corrected chi connectivity index (χ3v) is 5.50. The number of aromatic amines is 1. The first kappa shape index (κ1) is 19.2. The van der Waals surface area contributed by atoms with E-state index in [-0.39, 0.29) is 0 Å². The van der Waals surface area contributed by atoms with E-state index in [0.717, 1.165) is 33.7 Å². The summed E-state index contributed by atoms with van der Waals surface area (Å²) in [6, 6.07) is 35.0. The largest absolute Gasteiger partial charge is 0.353 e. The van der Waals surface area contributed by atoms with Crippen LogP contribution in [0, 0.1) is 6.92 Å². The third-order valence-electron chi connectivity index (χ3n) is 5.50. The Bertz CT molecular complexity index is 1180. The van der Waals surface area contributed by atoms with Gasteiger partial charge in [-0.3, -0.25) is 0 Å². The van der Waals surface area contributed by atoms with Gasteiger partial charge in [-0.1, -0.05) is 91.0 Å². The minimum atomic E-state index is -0.772. The Morgan fingerprint density at radius 2 is 1.19 bits per heavy atom. The van der Waals surface area contributed by atoms with E-state index in [1.807, 2.05) is 73.7 Å². The molecule has 4 nitrogen and oxygen atoms in total. The topological polar surface area (TPSA) is 50.8 Å². The number of nitrogens with one attached hydrogen (secondary N) is 1. The second kappa shape index (κ2) is 8.17. The molecule has 0 aliphatic carbocycles. The van der Waals surface area contributed by atoms with Crippen LogP contribution in [0.4, 0.5) is 0 Å². The Hall–Kier alpha value is -3.76. The summed E-state index contributed by atoms with van der Waals surface area (Å²) in [6.07, 6.45) is 0. The molecule has 0 fully saturated rings. The second-order valence-electron chi connectivity index (χ2n) is 7.58. The summed E-state index contributed by atoms with van der Waals surface area (Å²) in [5, 5.41) is 0. The molecule has 152 valence electrons. The SMILES string of the molecule is Cc1ccc2[nH]c(COC(c3ccccc3)(c3ccccc3)c3ccccc3)nc2n1. The quantitative estimate of drug-likeness (QED) is 0.365. The van der Waals surface area contributed by atoms with Crippen molar-refractivity contribution in [3.63, 3.8) is 0 Å². The van der Waals surface area contributed by atoms with Crippen LogP contribution in [0.25, 0.3) is 11.2 Å². The molecular weight excluding hydrogens is 382 g/mol. The van der Waals surface area contributed by atoms with Crippen LogP contribution in [0.2, 0.25) is 0 Å².